The predicted octanol–water partition coefficient (Wildman–Crippen LogP) is 2.96. The van der Waals surface area contributed by atoms with Crippen LogP contribution in [0, 0.1) is 0 Å². The van der Waals surface area contributed by atoms with E-state index in [4.69, 9.17) is 8.94 Å². The Hall–Kier alpha value is -3.42. The molecule has 2 fully saturated rings. The van der Waals surface area contributed by atoms with E-state index >= 15 is 0 Å². The van der Waals surface area contributed by atoms with Gasteiger partial charge in [-0.1, -0.05) is 5.16 Å². The van der Waals surface area contributed by atoms with Gasteiger partial charge in [-0.25, -0.2) is 4.98 Å². The van der Waals surface area contributed by atoms with Crippen LogP contribution in [0.3, 0.4) is 0 Å². The first-order chi connectivity index (χ1) is 14.3. The van der Waals surface area contributed by atoms with Crippen molar-refractivity contribution in [2.24, 2.45) is 0 Å². The number of amides is 1. The van der Waals surface area contributed by atoms with Crippen molar-refractivity contribution in [3.8, 4) is 11.4 Å². The Kier molecular flexibility index (Phi) is 4.59. The minimum Gasteiger partial charge on any atom is -0.465 e. The first-order valence-electron chi connectivity index (χ1n) is 9.82. The third-order valence-corrected chi connectivity index (χ3v) is 5.22. The summed E-state index contributed by atoms with van der Waals surface area (Å²) in [5.41, 5.74) is 0.848. The van der Waals surface area contributed by atoms with Crippen LogP contribution in [0.15, 0.2) is 51.7 Å². The zero-order chi connectivity index (χ0) is 19.6. The van der Waals surface area contributed by atoms with Crippen LogP contribution in [-0.2, 0) is 4.79 Å². The largest absolute Gasteiger partial charge is 0.465 e. The van der Waals surface area contributed by atoms with Crippen LogP contribution in [0.1, 0.15) is 30.4 Å². The first-order valence-corrected chi connectivity index (χ1v) is 9.82. The van der Waals surface area contributed by atoms with Crippen molar-refractivity contribution in [1.82, 2.24) is 20.0 Å². The molecule has 3 aromatic rings. The first kappa shape index (κ1) is 17.7. The molecule has 0 spiro atoms. The molecule has 0 aromatic carbocycles. The van der Waals surface area contributed by atoms with Gasteiger partial charge in [0, 0.05) is 49.9 Å². The monoisotopic (exact) mass is 391 g/mol. The van der Waals surface area contributed by atoms with Crippen molar-refractivity contribution >= 4 is 17.8 Å². The number of carbonyl (C=O) groups is 1. The summed E-state index contributed by atoms with van der Waals surface area (Å²) in [7, 11) is 0. The van der Waals surface area contributed by atoms with Crippen molar-refractivity contribution in [1.29, 1.82) is 0 Å². The molecule has 1 aliphatic carbocycles. The average molecular weight is 391 g/mol. The molecule has 0 unspecified atom stereocenters. The Balaban J connectivity index is 1.17. The molecule has 1 aliphatic heterocycles. The van der Waals surface area contributed by atoms with E-state index in [0.29, 0.717) is 30.6 Å². The van der Waals surface area contributed by atoms with Crippen LogP contribution in [0.25, 0.3) is 17.5 Å². The summed E-state index contributed by atoms with van der Waals surface area (Å²) in [5, 5.41) is 4.06. The van der Waals surface area contributed by atoms with Gasteiger partial charge in [0.15, 0.2) is 0 Å². The SMILES string of the molecule is O=C(/C=C/c1ccco1)N1CCN(c2ccc(-c3noc(C4CC4)n3)cn2)CC1. The van der Waals surface area contributed by atoms with Crippen LogP contribution in [0.4, 0.5) is 5.82 Å². The van der Waals surface area contributed by atoms with Gasteiger partial charge in [0.1, 0.15) is 11.6 Å². The summed E-state index contributed by atoms with van der Waals surface area (Å²) >= 11 is 0. The molecular formula is C21H21N5O3. The highest BCUT2D eigenvalue weighted by atomic mass is 16.5. The molecule has 3 aromatic heterocycles. The number of hydrogen-bond acceptors (Lipinski definition) is 7. The van der Waals surface area contributed by atoms with Gasteiger partial charge in [-0.15, -0.1) is 0 Å². The molecule has 2 aliphatic rings. The number of anilines is 1. The number of piperazine rings is 1. The number of carbonyl (C=O) groups excluding carboxylic acids is 1. The lowest BCUT2D eigenvalue weighted by Gasteiger charge is -2.35. The Bertz CT molecular complexity index is 997. The Labute approximate surface area is 167 Å². The van der Waals surface area contributed by atoms with Crippen molar-refractivity contribution < 1.29 is 13.7 Å². The molecule has 4 heterocycles. The fourth-order valence-corrected chi connectivity index (χ4v) is 3.35. The highest BCUT2D eigenvalue weighted by Gasteiger charge is 2.30. The second-order valence-electron chi connectivity index (χ2n) is 7.30. The van der Waals surface area contributed by atoms with E-state index in [2.05, 4.69) is 20.0 Å². The molecule has 1 saturated heterocycles. The van der Waals surface area contributed by atoms with Gasteiger partial charge >= 0.3 is 0 Å². The van der Waals surface area contributed by atoms with Gasteiger partial charge in [-0.05, 0) is 43.2 Å². The summed E-state index contributed by atoms with van der Waals surface area (Å²) in [5.74, 6) is 3.31. The standard InChI is InChI=1S/C21H21N5O3/c27-19(8-6-17-2-1-13-28-17)26-11-9-25(10-12-26)18-7-5-16(14-22-18)20-23-21(29-24-20)15-3-4-15/h1-2,5-8,13-15H,3-4,9-12H2/b8-6+. The van der Waals surface area contributed by atoms with Gasteiger partial charge in [-0.3, -0.25) is 4.79 Å². The van der Waals surface area contributed by atoms with Gasteiger partial charge in [-0.2, -0.15) is 4.98 Å². The normalized spacial score (nSPS) is 17.2. The highest BCUT2D eigenvalue weighted by Crippen LogP contribution is 2.39. The lowest BCUT2D eigenvalue weighted by Crippen LogP contribution is -2.48. The van der Waals surface area contributed by atoms with Crippen molar-refractivity contribution in [2.45, 2.75) is 18.8 Å². The number of rotatable bonds is 5. The van der Waals surface area contributed by atoms with E-state index in [1.807, 2.05) is 23.1 Å². The van der Waals surface area contributed by atoms with E-state index in [-0.39, 0.29) is 5.91 Å². The van der Waals surface area contributed by atoms with Crippen LogP contribution in [-0.4, -0.2) is 52.1 Å². The minimum atomic E-state index is -0.00655. The number of furan rings is 1. The van der Waals surface area contributed by atoms with Crippen molar-refractivity contribution in [3.05, 3.63) is 54.5 Å². The van der Waals surface area contributed by atoms with E-state index < -0.39 is 0 Å². The smallest absolute Gasteiger partial charge is 0.246 e. The molecule has 148 valence electrons. The lowest BCUT2D eigenvalue weighted by molar-refractivity contribution is -0.126. The maximum Gasteiger partial charge on any atom is 0.246 e. The zero-order valence-corrected chi connectivity index (χ0v) is 15.9. The third kappa shape index (κ3) is 3.91. The predicted molar refractivity (Wildman–Crippen MR) is 106 cm³/mol. The third-order valence-electron chi connectivity index (χ3n) is 5.22. The quantitative estimate of drug-likeness (QED) is 0.618. The number of pyridine rings is 1. The average Bonchev–Trinajstić information content (AvgIpc) is 3.27. The molecular weight excluding hydrogens is 370 g/mol. The molecule has 5 rings (SSSR count). The minimum absolute atomic E-state index is 0.00655. The van der Waals surface area contributed by atoms with Crippen molar-refractivity contribution in [3.63, 3.8) is 0 Å². The zero-order valence-electron chi connectivity index (χ0n) is 15.9. The Morgan fingerprint density at radius 3 is 2.69 bits per heavy atom. The van der Waals surface area contributed by atoms with Crippen LogP contribution < -0.4 is 4.90 Å². The molecule has 29 heavy (non-hydrogen) atoms. The fraction of sp³-hybridized carbons (Fsp3) is 0.333. The summed E-state index contributed by atoms with van der Waals surface area (Å²) in [6.45, 7) is 2.78. The highest BCUT2D eigenvalue weighted by molar-refractivity contribution is 5.91. The molecule has 0 radical (unpaired) electrons. The molecule has 0 bridgehead atoms. The second kappa shape index (κ2) is 7.54. The molecule has 1 saturated carbocycles. The van der Waals surface area contributed by atoms with Gasteiger partial charge in [0.25, 0.3) is 0 Å². The molecule has 8 heteroatoms. The summed E-state index contributed by atoms with van der Waals surface area (Å²) in [6, 6.07) is 7.55. The topological polar surface area (TPSA) is 88.5 Å². The maximum absolute atomic E-state index is 12.3. The molecule has 8 nitrogen and oxygen atoms in total. The van der Waals surface area contributed by atoms with E-state index in [9.17, 15) is 4.79 Å². The lowest BCUT2D eigenvalue weighted by atomic mass is 10.2. The van der Waals surface area contributed by atoms with Gasteiger partial charge < -0.3 is 18.7 Å². The molecule has 0 atom stereocenters. The Morgan fingerprint density at radius 1 is 1.14 bits per heavy atom. The van der Waals surface area contributed by atoms with Gasteiger partial charge in [0.2, 0.25) is 17.6 Å². The summed E-state index contributed by atoms with van der Waals surface area (Å²) in [6.07, 6.45) is 8.88. The molecule has 1 amide bonds. The van der Waals surface area contributed by atoms with Crippen molar-refractivity contribution in [2.75, 3.05) is 31.1 Å². The Morgan fingerprint density at radius 2 is 2.00 bits per heavy atom. The van der Waals surface area contributed by atoms with Crippen LogP contribution >= 0.6 is 0 Å². The van der Waals surface area contributed by atoms with E-state index in [1.54, 1.807) is 30.7 Å². The number of aromatic nitrogens is 3. The van der Waals surface area contributed by atoms with Gasteiger partial charge in [0.05, 0.1) is 6.26 Å². The van der Waals surface area contributed by atoms with Crippen LogP contribution in [0.5, 0.6) is 0 Å². The second-order valence-corrected chi connectivity index (χ2v) is 7.30. The summed E-state index contributed by atoms with van der Waals surface area (Å²) < 4.78 is 10.5. The van der Waals surface area contributed by atoms with Crippen LogP contribution in [0.2, 0.25) is 0 Å². The maximum atomic E-state index is 12.3. The fourth-order valence-electron chi connectivity index (χ4n) is 3.35. The van der Waals surface area contributed by atoms with E-state index in [0.717, 1.165) is 43.2 Å². The molecule has 0 N–H and O–H groups in total. The summed E-state index contributed by atoms with van der Waals surface area (Å²) in [4.78, 5) is 25.4. The number of hydrogen-bond donors (Lipinski definition) is 0. The number of nitrogens with zero attached hydrogens (tertiary/aromatic N) is 5. The van der Waals surface area contributed by atoms with E-state index in [1.165, 1.54) is 0 Å².